The molecule has 0 saturated carbocycles. The van der Waals surface area contributed by atoms with Crippen molar-refractivity contribution in [2.75, 3.05) is 26.4 Å². The maximum absolute atomic E-state index is 12.9. The van der Waals surface area contributed by atoms with Gasteiger partial charge < -0.3 is 4.90 Å². The zero-order chi connectivity index (χ0) is 16.3. The van der Waals surface area contributed by atoms with Crippen molar-refractivity contribution < 1.29 is 13.2 Å². The van der Waals surface area contributed by atoms with Gasteiger partial charge in [-0.1, -0.05) is 37.3 Å². The van der Waals surface area contributed by atoms with Crippen molar-refractivity contribution in [3.8, 4) is 0 Å². The molecule has 1 amide bonds. The molecule has 1 fully saturated rings. The van der Waals surface area contributed by atoms with Crippen molar-refractivity contribution in [3.05, 3.63) is 35.9 Å². The lowest BCUT2D eigenvalue weighted by Crippen LogP contribution is -2.46. The minimum absolute atomic E-state index is 0.133. The summed E-state index contributed by atoms with van der Waals surface area (Å²) in [5.74, 6) is 0.484. The van der Waals surface area contributed by atoms with Crippen LogP contribution >= 0.6 is 0 Å². The first-order valence-electron chi connectivity index (χ1n) is 7.57. The number of amides is 1. The summed E-state index contributed by atoms with van der Waals surface area (Å²) in [5.41, 5.74) is 0.707. The highest BCUT2D eigenvalue weighted by Gasteiger charge is 2.34. The minimum Gasteiger partial charge on any atom is -0.341 e. The molecule has 5 nitrogen and oxygen atoms in total. The van der Waals surface area contributed by atoms with Gasteiger partial charge in [0, 0.05) is 20.1 Å². The van der Waals surface area contributed by atoms with Gasteiger partial charge in [0.25, 0.3) is 0 Å². The van der Waals surface area contributed by atoms with Crippen LogP contribution in [-0.4, -0.2) is 49.9 Å². The number of benzene rings is 1. The molecule has 1 aliphatic rings. The number of carbonyl (C=O) groups is 1. The first-order chi connectivity index (χ1) is 10.3. The summed E-state index contributed by atoms with van der Waals surface area (Å²) in [5, 5.41) is 0. The van der Waals surface area contributed by atoms with Gasteiger partial charge in [-0.15, -0.1) is 0 Å². The second-order valence-electron chi connectivity index (χ2n) is 6.10. The largest absolute Gasteiger partial charge is 0.341 e. The van der Waals surface area contributed by atoms with Crippen molar-refractivity contribution in [1.29, 1.82) is 0 Å². The summed E-state index contributed by atoms with van der Waals surface area (Å²) in [4.78, 5) is 14.7. The van der Waals surface area contributed by atoms with Crippen LogP contribution in [0.5, 0.6) is 0 Å². The molecule has 0 N–H and O–H groups in total. The average Bonchev–Trinajstić information content (AvgIpc) is 2.48. The Labute approximate surface area is 133 Å². The van der Waals surface area contributed by atoms with E-state index in [1.807, 2.05) is 18.2 Å². The highest BCUT2D eigenvalue weighted by atomic mass is 32.2. The number of hydrogen-bond donors (Lipinski definition) is 0. The number of hydrogen-bond acceptors (Lipinski definition) is 3. The van der Waals surface area contributed by atoms with E-state index in [1.54, 1.807) is 17.0 Å². The summed E-state index contributed by atoms with van der Waals surface area (Å²) >= 11 is 0. The van der Waals surface area contributed by atoms with Crippen LogP contribution in [0.2, 0.25) is 0 Å². The Kier molecular flexibility index (Phi) is 5.24. The molecular formula is C16H24N2O3S. The summed E-state index contributed by atoms with van der Waals surface area (Å²) < 4.78 is 25.1. The lowest BCUT2D eigenvalue weighted by molar-refractivity contribution is -0.136. The van der Waals surface area contributed by atoms with E-state index in [0.717, 1.165) is 19.1 Å². The summed E-state index contributed by atoms with van der Waals surface area (Å²) in [6.07, 6.45) is 3.07. The Hall–Kier alpha value is -1.40. The molecule has 6 heteroatoms. The first kappa shape index (κ1) is 17.0. The van der Waals surface area contributed by atoms with Crippen LogP contribution in [-0.2, 0) is 14.8 Å². The van der Waals surface area contributed by atoms with E-state index in [4.69, 9.17) is 0 Å². The van der Waals surface area contributed by atoms with E-state index in [-0.39, 0.29) is 5.91 Å². The number of likely N-dealkylation sites (N-methyl/N-ethyl adjacent to an activating group) is 1. The van der Waals surface area contributed by atoms with Crippen LogP contribution in [0.25, 0.3) is 0 Å². The van der Waals surface area contributed by atoms with Gasteiger partial charge in [0.05, 0.1) is 6.26 Å². The van der Waals surface area contributed by atoms with Crippen molar-refractivity contribution in [1.82, 2.24) is 9.21 Å². The predicted octanol–water partition coefficient (Wildman–Crippen LogP) is 1.88. The maximum atomic E-state index is 12.9. The van der Waals surface area contributed by atoms with Crippen LogP contribution in [0.1, 0.15) is 31.4 Å². The smallest absolute Gasteiger partial charge is 0.245 e. The number of sulfonamides is 1. The molecule has 1 saturated heterocycles. The van der Waals surface area contributed by atoms with Crippen LogP contribution in [0.3, 0.4) is 0 Å². The highest BCUT2D eigenvalue weighted by molar-refractivity contribution is 7.88. The van der Waals surface area contributed by atoms with E-state index in [1.165, 1.54) is 11.4 Å². The van der Waals surface area contributed by atoms with E-state index >= 15 is 0 Å². The van der Waals surface area contributed by atoms with Gasteiger partial charge in [-0.3, -0.25) is 4.79 Å². The summed E-state index contributed by atoms with van der Waals surface area (Å²) in [6, 6.07) is 8.32. The first-order valence-corrected chi connectivity index (χ1v) is 9.42. The number of piperidine rings is 1. The number of carbonyl (C=O) groups excluding carboxylic acids is 1. The topological polar surface area (TPSA) is 57.7 Å². The molecule has 0 radical (unpaired) electrons. The van der Waals surface area contributed by atoms with Gasteiger partial charge in [-0.25, -0.2) is 8.42 Å². The van der Waals surface area contributed by atoms with Crippen LogP contribution in [0, 0.1) is 5.92 Å². The molecule has 0 bridgehead atoms. The molecule has 0 aliphatic carbocycles. The Balaban J connectivity index is 2.30. The van der Waals surface area contributed by atoms with Crippen molar-refractivity contribution in [2.45, 2.75) is 25.8 Å². The molecule has 1 aromatic carbocycles. The predicted molar refractivity (Wildman–Crippen MR) is 86.8 cm³/mol. The number of rotatable bonds is 4. The molecule has 0 aromatic heterocycles. The third-order valence-corrected chi connectivity index (χ3v) is 5.59. The second-order valence-corrected chi connectivity index (χ2v) is 8.14. The monoisotopic (exact) mass is 324 g/mol. The average molecular weight is 324 g/mol. The molecular weight excluding hydrogens is 300 g/mol. The van der Waals surface area contributed by atoms with Crippen LogP contribution < -0.4 is 0 Å². The Morgan fingerprint density at radius 1 is 1.23 bits per heavy atom. The highest BCUT2D eigenvalue weighted by Crippen LogP contribution is 2.26. The van der Waals surface area contributed by atoms with E-state index in [2.05, 4.69) is 6.92 Å². The molecule has 1 heterocycles. The van der Waals surface area contributed by atoms with Crippen molar-refractivity contribution in [3.63, 3.8) is 0 Å². The van der Waals surface area contributed by atoms with Crippen molar-refractivity contribution in [2.24, 2.45) is 5.92 Å². The van der Waals surface area contributed by atoms with Crippen LogP contribution in [0.15, 0.2) is 30.3 Å². The lowest BCUT2D eigenvalue weighted by Gasteiger charge is -2.35. The van der Waals surface area contributed by atoms with E-state index < -0.39 is 16.1 Å². The van der Waals surface area contributed by atoms with Crippen LogP contribution in [0.4, 0.5) is 0 Å². The third kappa shape index (κ3) is 3.87. The van der Waals surface area contributed by atoms with E-state index in [9.17, 15) is 13.2 Å². The number of nitrogens with zero attached hydrogens (tertiary/aromatic N) is 2. The molecule has 0 spiro atoms. The van der Waals surface area contributed by atoms with Crippen molar-refractivity contribution >= 4 is 15.9 Å². The lowest BCUT2D eigenvalue weighted by atomic mass is 9.97. The van der Waals surface area contributed by atoms with Gasteiger partial charge in [-0.05, 0) is 24.3 Å². The molecule has 22 heavy (non-hydrogen) atoms. The Morgan fingerprint density at radius 2 is 1.77 bits per heavy atom. The molecule has 0 unspecified atom stereocenters. The summed E-state index contributed by atoms with van der Waals surface area (Å²) in [6.45, 7) is 3.57. The Bertz CT molecular complexity index is 608. The molecule has 1 aliphatic heterocycles. The summed E-state index contributed by atoms with van der Waals surface area (Å²) in [7, 11) is -1.99. The molecule has 2 rings (SSSR count). The van der Waals surface area contributed by atoms with Gasteiger partial charge >= 0.3 is 0 Å². The fraction of sp³-hybridized carbons (Fsp3) is 0.562. The standard InChI is InChI=1S/C16H24N2O3S/c1-13-9-11-18(12-10-13)16(19)15(17(2)22(3,20)21)14-7-5-4-6-8-14/h4-8,13,15H,9-12H2,1-3H3/t15-/m0/s1. The minimum atomic E-state index is -3.46. The zero-order valence-electron chi connectivity index (χ0n) is 13.4. The zero-order valence-corrected chi connectivity index (χ0v) is 14.2. The molecule has 1 atom stereocenters. The normalized spacial score (nSPS) is 18.5. The Morgan fingerprint density at radius 3 is 2.27 bits per heavy atom. The van der Waals surface area contributed by atoms with Gasteiger partial charge in [0.15, 0.2) is 0 Å². The second kappa shape index (κ2) is 6.79. The van der Waals surface area contributed by atoms with Gasteiger partial charge in [0.1, 0.15) is 6.04 Å². The fourth-order valence-electron chi connectivity index (χ4n) is 2.74. The quantitative estimate of drug-likeness (QED) is 0.850. The molecule has 122 valence electrons. The SMILES string of the molecule is CC1CCN(C(=O)[C@H](c2ccccc2)N(C)S(C)(=O)=O)CC1. The third-order valence-electron chi connectivity index (χ3n) is 4.33. The maximum Gasteiger partial charge on any atom is 0.245 e. The molecule has 1 aromatic rings. The van der Waals surface area contributed by atoms with E-state index in [0.29, 0.717) is 24.6 Å². The fourth-order valence-corrected chi connectivity index (χ4v) is 3.33. The number of likely N-dealkylation sites (tertiary alicyclic amines) is 1. The van der Waals surface area contributed by atoms with Gasteiger partial charge in [0.2, 0.25) is 15.9 Å². The van der Waals surface area contributed by atoms with Gasteiger partial charge in [-0.2, -0.15) is 4.31 Å².